The van der Waals surface area contributed by atoms with Crippen LogP contribution in [0.3, 0.4) is 0 Å². The second kappa shape index (κ2) is 5.71. The number of nitriles is 1. The van der Waals surface area contributed by atoms with Crippen LogP contribution in [0.1, 0.15) is 68.1 Å². The molecule has 0 atom stereocenters. The van der Waals surface area contributed by atoms with E-state index >= 15 is 0 Å². The topological polar surface area (TPSA) is 44.0 Å². The van der Waals surface area contributed by atoms with Crippen LogP contribution in [0, 0.1) is 17.1 Å². The molecule has 102 valence electrons. The van der Waals surface area contributed by atoms with E-state index in [1.165, 1.54) is 6.07 Å². The summed E-state index contributed by atoms with van der Waals surface area (Å²) in [4.78, 5) is 0. The zero-order chi connectivity index (χ0) is 14.0. The van der Waals surface area contributed by atoms with E-state index in [9.17, 15) is 14.8 Å². The SMILES string of the molecule is CC(C)c1cc(C2CCC(O)CC2)c(C#N)cc1F. The van der Waals surface area contributed by atoms with Crippen molar-refractivity contribution in [2.45, 2.75) is 57.5 Å². The number of hydrogen-bond donors (Lipinski definition) is 1. The molecule has 0 spiro atoms. The van der Waals surface area contributed by atoms with Crippen LogP contribution in [-0.4, -0.2) is 11.2 Å². The molecule has 1 aromatic carbocycles. The Morgan fingerprint density at radius 3 is 2.42 bits per heavy atom. The van der Waals surface area contributed by atoms with Gasteiger partial charge in [0.2, 0.25) is 0 Å². The third kappa shape index (κ3) is 2.96. The average Bonchev–Trinajstić information content (AvgIpc) is 2.39. The monoisotopic (exact) mass is 261 g/mol. The van der Waals surface area contributed by atoms with Gasteiger partial charge in [-0.1, -0.05) is 19.9 Å². The van der Waals surface area contributed by atoms with Crippen molar-refractivity contribution >= 4 is 0 Å². The summed E-state index contributed by atoms with van der Waals surface area (Å²) in [6.45, 7) is 3.91. The first kappa shape index (κ1) is 14.0. The van der Waals surface area contributed by atoms with Crippen LogP contribution in [0.15, 0.2) is 12.1 Å². The highest BCUT2D eigenvalue weighted by atomic mass is 19.1. The van der Waals surface area contributed by atoms with Crippen molar-refractivity contribution in [2.75, 3.05) is 0 Å². The average molecular weight is 261 g/mol. The van der Waals surface area contributed by atoms with E-state index in [-0.39, 0.29) is 23.8 Å². The first-order valence-electron chi connectivity index (χ1n) is 6.94. The van der Waals surface area contributed by atoms with Gasteiger partial charge in [-0.25, -0.2) is 4.39 Å². The van der Waals surface area contributed by atoms with E-state index in [2.05, 4.69) is 6.07 Å². The maximum Gasteiger partial charge on any atom is 0.127 e. The molecular formula is C16H20FNO. The molecule has 2 rings (SSSR count). The number of halogens is 1. The molecule has 3 heteroatoms. The Hall–Kier alpha value is -1.40. The van der Waals surface area contributed by atoms with Crippen molar-refractivity contribution in [3.8, 4) is 6.07 Å². The minimum Gasteiger partial charge on any atom is -0.393 e. The van der Waals surface area contributed by atoms with Gasteiger partial charge in [-0.3, -0.25) is 0 Å². The number of rotatable bonds is 2. The Kier molecular flexibility index (Phi) is 4.21. The van der Waals surface area contributed by atoms with Crippen molar-refractivity contribution in [3.05, 3.63) is 34.6 Å². The normalized spacial score (nSPS) is 23.4. The molecule has 0 amide bonds. The number of aliphatic hydroxyl groups is 1. The number of nitrogens with zero attached hydrogens (tertiary/aromatic N) is 1. The smallest absolute Gasteiger partial charge is 0.127 e. The Balaban J connectivity index is 2.38. The molecule has 0 saturated heterocycles. The highest BCUT2D eigenvalue weighted by Gasteiger charge is 2.24. The van der Waals surface area contributed by atoms with Gasteiger partial charge < -0.3 is 5.11 Å². The van der Waals surface area contributed by atoms with Gasteiger partial charge in [0, 0.05) is 0 Å². The molecule has 0 unspecified atom stereocenters. The number of hydrogen-bond acceptors (Lipinski definition) is 2. The van der Waals surface area contributed by atoms with Crippen molar-refractivity contribution in [1.29, 1.82) is 5.26 Å². The van der Waals surface area contributed by atoms with Crippen LogP contribution in [0.5, 0.6) is 0 Å². The van der Waals surface area contributed by atoms with E-state index in [1.807, 2.05) is 19.9 Å². The van der Waals surface area contributed by atoms with Crippen molar-refractivity contribution < 1.29 is 9.50 Å². The van der Waals surface area contributed by atoms with E-state index < -0.39 is 0 Å². The highest BCUT2D eigenvalue weighted by Crippen LogP contribution is 2.36. The van der Waals surface area contributed by atoms with Crippen molar-refractivity contribution in [1.82, 2.24) is 0 Å². The lowest BCUT2D eigenvalue weighted by Crippen LogP contribution is -2.18. The molecule has 1 N–H and O–H groups in total. The molecule has 1 aliphatic carbocycles. The maximum absolute atomic E-state index is 13.9. The quantitative estimate of drug-likeness (QED) is 0.879. The van der Waals surface area contributed by atoms with Gasteiger partial charge in [-0.2, -0.15) is 5.26 Å². The summed E-state index contributed by atoms with van der Waals surface area (Å²) in [7, 11) is 0. The molecule has 0 aromatic heterocycles. The van der Waals surface area contributed by atoms with Crippen LogP contribution in [-0.2, 0) is 0 Å². The molecule has 19 heavy (non-hydrogen) atoms. The van der Waals surface area contributed by atoms with Gasteiger partial charge in [0.15, 0.2) is 0 Å². The first-order chi connectivity index (χ1) is 9.02. The van der Waals surface area contributed by atoms with Gasteiger partial charge in [-0.15, -0.1) is 0 Å². The fourth-order valence-corrected chi connectivity index (χ4v) is 2.87. The highest BCUT2D eigenvalue weighted by molar-refractivity contribution is 5.44. The van der Waals surface area contributed by atoms with Crippen LogP contribution in [0.25, 0.3) is 0 Å². The molecular weight excluding hydrogens is 241 g/mol. The van der Waals surface area contributed by atoms with E-state index in [1.54, 1.807) is 0 Å². The number of aliphatic hydroxyl groups excluding tert-OH is 1. The Morgan fingerprint density at radius 1 is 1.26 bits per heavy atom. The second-order valence-corrected chi connectivity index (χ2v) is 5.73. The molecule has 0 bridgehead atoms. The molecule has 1 saturated carbocycles. The number of benzene rings is 1. The summed E-state index contributed by atoms with van der Waals surface area (Å²) >= 11 is 0. The fourth-order valence-electron chi connectivity index (χ4n) is 2.87. The molecule has 0 heterocycles. The van der Waals surface area contributed by atoms with E-state index in [4.69, 9.17) is 0 Å². The van der Waals surface area contributed by atoms with Crippen LogP contribution in [0.4, 0.5) is 4.39 Å². The van der Waals surface area contributed by atoms with E-state index in [0.29, 0.717) is 11.1 Å². The van der Waals surface area contributed by atoms with Crippen LogP contribution >= 0.6 is 0 Å². The Morgan fingerprint density at radius 2 is 1.89 bits per heavy atom. The standard InChI is InChI=1S/C16H20FNO/c1-10(2)14-8-15(12(9-18)7-16(14)17)11-3-5-13(19)6-4-11/h7-8,10-11,13,19H,3-6H2,1-2H3. The van der Waals surface area contributed by atoms with Crippen molar-refractivity contribution in [2.24, 2.45) is 0 Å². The maximum atomic E-state index is 13.9. The second-order valence-electron chi connectivity index (χ2n) is 5.73. The van der Waals surface area contributed by atoms with Crippen molar-refractivity contribution in [3.63, 3.8) is 0 Å². The van der Waals surface area contributed by atoms with Gasteiger partial charge in [0.1, 0.15) is 5.82 Å². The summed E-state index contributed by atoms with van der Waals surface area (Å²) in [5.41, 5.74) is 2.09. The van der Waals surface area contributed by atoms with E-state index in [0.717, 1.165) is 31.2 Å². The predicted octanol–water partition coefficient (Wildman–Crippen LogP) is 3.84. The van der Waals surface area contributed by atoms with Gasteiger partial charge in [0.25, 0.3) is 0 Å². The first-order valence-corrected chi connectivity index (χ1v) is 6.94. The third-order valence-electron chi connectivity index (χ3n) is 4.05. The third-order valence-corrected chi connectivity index (χ3v) is 4.05. The van der Waals surface area contributed by atoms with Gasteiger partial charge in [-0.05, 0) is 54.7 Å². The summed E-state index contributed by atoms with van der Waals surface area (Å²) in [6, 6.07) is 5.34. The summed E-state index contributed by atoms with van der Waals surface area (Å²) in [5, 5.41) is 18.8. The largest absolute Gasteiger partial charge is 0.393 e. The van der Waals surface area contributed by atoms with Gasteiger partial charge in [0.05, 0.1) is 17.7 Å². The fraction of sp³-hybridized carbons (Fsp3) is 0.562. The zero-order valence-corrected chi connectivity index (χ0v) is 11.5. The zero-order valence-electron chi connectivity index (χ0n) is 11.5. The lowest BCUT2D eigenvalue weighted by molar-refractivity contribution is 0.122. The molecule has 1 aliphatic rings. The lowest BCUT2D eigenvalue weighted by Gasteiger charge is -2.27. The summed E-state index contributed by atoms with van der Waals surface area (Å²) in [6.07, 6.45) is 3.07. The molecule has 1 aromatic rings. The van der Waals surface area contributed by atoms with Crippen LogP contribution < -0.4 is 0 Å². The molecule has 0 aliphatic heterocycles. The predicted molar refractivity (Wildman–Crippen MR) is 72.4 cm³/mol. The Bertz CT molecular complexity index is 496. The lowest BCUT2D eigenvalue weighted by atomic mass is 9.80. The Labute approximate surface area is 113 Å². The molecule has 2 nitrogen and oxygen atoms in total. The summed E-state index contributed by atoms with van der Waals surface area (Å²) < 4.78 is 13.9. The van der Waals surface area contributed by atoms with Gasteiger partial charge >= 0.3 is 0 Å². The molecule has 0 radical (unpaired) electrons. The van der Waals surface area contributed by atoms with Crippen LogP contribution in [0.2, 0.25) is 0 Å². The minimum atomic E-state index is -0.286. The summed E-state index contributed by atoms with van der Waals surface area (Å²) in [5.74, 6) is 0.1000. The molecule has 1 fully saturated rings. The minimum absolute atomic E-state index is 0.112.